The molecule has 0 aliphatic heterocycles. The summed E-state index contributed by atoms with van der Waals surface area (Å²) in [6.45, 7) is 2.64. The molecular weight excluding hydrogens is 230 g/mol. The lowest BCUT2D eigenvalue weighted by atomic mass is 10.3. The predicted octanol–water partition coefficient (Wildman–Crippen LogP) is 1.85. The van der Waals surface area contributed by atoms with Gasteiger partial charge in [-0.25, -0.2) is 0 Å². The molecule has 0 radical (unpaired) electrons. The fourth-order valence-corrected chi connectivity index (χ4v) is 2.45. The van der Waals surface area contributed by atoms with E-state index in [2.05, 4.69) is 23.2 Å². The molecule has 0 fully saturated rings. The van der Waals surface area contributed by atoms with Crippen molar-refractivity contribution >= 4 is 23.6 Å². The number of hydrogen-bond donors (Lipinski definition) is 2. The van der Waals surface area contributed by atoms with E-state index >= 15 is 0 Å². The molecule has 6 heteroatoms. The maximum atomic E-state index is 9.08. The summed E-state index contributed by atoms with van der Waals surface area (Å²) in [7, 11) is 0. The number of hydrogen-bond acceptors (Lipinski definition) is 4. The van der Waals surface area contributed by atoms with E-state index in [0.717, 1.165) is 0 Å². The minimum atomic E-state index is -0.0996. The first-order valence-corrected chi connectivity index (χ1v) is 5.79. The average molecular weight is 241 g/mol. The quantitative estimate of drug-likeness (QED) is 0.806. The van der Waals surface area contributed by atoms with E-state index in [0.29, 0.717) is 17.1 Å². The van der Waals surface area contributed by atoms with Crippen molar-refractivity contribution in [3.8, 4) is 0 Å². The predicted molar refractivity (Wildman–Crippen MR) is 61.5 cm³/mol. The lowest BCUT2D eigenvalue weighted by molar-refractivity contribution is 0.265. The average Bonchev–Trinajstić information content (AvgIpc) is 2.77. The number of aromatic nitrogens is 3. The number of aliphatic hydroxyl groups is 1. The van der Waals surface area contributed by atoms with Gasteiger partial charge in [0, 0.05) is 4.88 Å². The Morgan fingerprint density at radius 2 is 2.47 bits per heavy atom. The second kappa shape index (κ2) is 4.26. The molecule has 0 saturated carbocycles. The van der Waals surface area contributed by atoms with Crippen molar-refractivity contribution < 1.29 is 5.11 Å². The maximum absolute atomic E-state index is 9.08. The minimum absolute atomic E-state index is 0.0996. The number of H-pyrrole nitrogens is 1. The molecule has 0 saturated heterocycles. The monoisotopic (exact) mass is 241 g/mol. The van der Waals surface area contributed by atoms with Gasteiger partial charge in [0.1, 0.15) is 6.61 Å². The highest BCUT2D eigenvalue weighted by atomic mass is 32.1. The molecule has 2 heterocycles. The van der Waals surface area contributed by atoms with Gasteiger partial charge in [-0.2, -0.15) is 5.10 Å². The van der Waals surface area contributed by atoms with Gasteiger partial charge in [-0.15, -0.1) is 11.3 Å². The number of nitrogens with zero attached hydrogens (tertiary/aromatic N) is 2. The van der Waals surface area contributed by atoms with Crippen LogP contribution in [0.5, 0.6) is 0 Å². The van der Waals surface area contributed by atoms with Crippen molar-refractivity contribution in [2.24, 2.45) is 0 Å². The molecule has 2 rings (SSSR count). The Bertz CT molecular complexity index is 511. The third-order valence-electron chi connectivity index (χ3n) is 2.25. The normalized spacial score (nSPS) is 10.8. The Labute approximate surface area is 96.2 Å². The van der Waals surface area contributed by atoms with Gasteiger partial charge in [-0.05, 0) is 36.2 Å². The van der Waals surface area contributed by atoms with Crippen LogP contribution in [0.25, 0.3) is 0 Å². The lowest BCUT2D eigenvalue weighted by Gasteiger charge is -2.03. The molecule has 15 heavy (non-hydrogen) atoms. The second-order valence-corrected chi connectivity index (χ2v) is 4.60. The molecule has 0 spiro atoms. The molecule has 0 amide bonds. The molecule has 0 aromatic carbocycles. The number of thiophene rings is 1. The molecule has 0 bridgehead atoms. The van der Waals surface area contributed by atoms with Gasteiger partial charge < -0.3 is 5.11 Å². The van der Waals surface area contributed by atoms with Crippen LogP contribution < -0.4 is 0 Å². The smallest absolute Gasteiger partial charge is 0.195 e. The van der Waals surface area contributed by atoms with Gasteiger partial charge in [0.15, 0.2) is 10.6 Å². The van der Waals surface area contributed by atoms with Gasteiger partial charge >= 0.3 is 0 Å². The van der Waals surface area contributed by atoms with E-state index in [1.807, 2.05) is 9.95 Å². The first-order valence-electron chi connectivity index (χ1n) is 4.50. The molecule has 4 nitrogen and oxygen atoms in total. The van der Waals surface area contributed by atoms with Crippen LogP contribution in [0.3, 0.4) is 0 Å². The summed E-state index contributed by atoms with van der Waals surface area (Å²) in [5, 5.41) is 17.8. The van der Waals surface area contributed by atoms with Crippen molar-refractivity contribution in [3.05, 3.63) is 32.5 Å². The van der Waals surface area contributed by atoms with Crippen LogP contribution in [-0.4, -0.2) is 19.9 Å². The first kappa shape index (κ1) is 10.5. The highest BCUT2D eigenvalue weighted by Crippen LogP contribution is 2.17. The molecular formula is C9H11N3OS2. The molecule has 0 aliphatic rings. The zero-order chi connectivity index (χ0) is 10.8. The van der Waals surface area contributed by atoms with E-state index in [4.69, 9.17) is 17.3 Å². The Hall–Kier alpha value is -0.980. The van der Waals surface area contributed by atoms with Crippen LogP contribution in [0.1, 0.15) is 16.3 Å². The Morgan fingerprint density at radius 1 is 1.67 bits per heavy atom. The number of aliphatic hydroxyl groups excluding tert-OH is 1. The van der Waals surface area contributed by atoms with Crippen LogP contribution in [0.15, 0.2) is 11.4 Å². The fourth-order valence-electron chi connectivity index (χ4n) is 1.34. The maximum Gasteiger partial charge on any atom is 0.195 e. The van der Waals surface area contributed by atoms with E-state index in [1.165, 1.54) is 10.4 Å². The zero-order valence-electron chi connectivity index (χ0n) is 8.23. The van der Waals surface area contributed by atoms with Crippen molar-refractivity contribution in [1.29, 1.82) is 0 Å². The summed E-state index contributed by atoms with van der Waals surface area (Å²) in [4.78, 5) is 1.24. The van der Waals surface area contributed by atoms with Crippen molar-refractivity contribution in [3.63, 3.8) is 0 Å². The summed E-state index contributed by atoms with van der Waals surface area (Å²) in [6, 6.07) is 2.07. The molecule has 80 valence electrons. The molecule has 0 aliphatic carbocycles. The number of aryl methyl sites for hydroxylation is 1. The third kappa shape index (κ3) is 2.01. The van der Waals surface area contributed by atoms with Crippen molar-refractivity contribution in [1.82, 2.24) is 14.8 Å². The second-order valence-electron chi connectivity index (χ2n) is 3.22. The SMILES string of the molecule is Cc1ccsc1Cn1c(CO)n[nH]c1=S. The summed E-state index contributed by atoms with van der Waals surface area (Å²) in [6.07, 6.45) is 0. The summed E-state index contributed by atoms with van der Waals surface area (Å²) >= 11 is 6.78. The highest BCUT2D eigenvalue weighted by Gasteiger charge is 2.07. The van der Waals surface area contributed by atoms with Crippen molar-refractivity contribution in [2.75, 3.05) is 0 Å². The van der Waals surface area contributed by atoms with Gasteiger partial charge in [-0.3, -0.25) is 9.67 Å². The summed E-state index contributed by atoms with van der Waals surface area (Å²) in [5.41, 5.74) is 1.24. The molecule has 2 aromatic rings. The van der Waals surface area contributed by atoms with E-state index in [-0.39, 0.29) is 6.61 Å². The van der Waals surface area contributed by atoms with Gasteiger partial charge in [0.05, 0.1) is 6.54 Å². The lowest BCUT2D eigenvalue weighted by Crippen LogP contribution is -2.04. The van der Waals surface area contributed by atoms with Crippen molar-refractivity contribution in [2.45, 2.75) is 20.1 Å². The standard InChI is InChI=1S/C9H11N3OS2/c1-6-2-3-15-7(6)4-12-8(5-13)10-11-9(12)14/h2-3,13H,4-5H2,1H3,(H,11,14). The Morgan fingerprint density at radius 3 is 3.07 bits per heavy atom. The molecule has 0 atom stereocenters. The van der Waals surface area contributed by atoms with Crippen LogP contribution in [0, 0.1) is 11.7 Å². The number of aromatic amines is 1. The third-order valence-corrected chi connectivity index (χ3v) is 3.57. The van der Waals surface area contributed by atoms with E-state index in [9.17, 15) is 0 Å². The van der Waals surface area contributed by atoms with Crippen LogP contribution in [-0.2, 0) is 13.2 Å². The van der Waals surface area contributed by atoms with Crippen LogP contribution >= 0.6 is 23.6 Å². The Kier molecular flexibility index (Phi) is 2.99. The zero-order valence-corrected chi connectivity index (χ0v) is 9.86. The Balaban J connectivity index is 2.35. The molecule has 0 unspecified atom stereocenters. The number of rotatable bonds is 3. The first-order chi connectivity index (χ1) is 7.22. The van der Waals surface area contributed by atoms with Gasteiger partial charge in [0.25, 0.3) is 0 Å². The van der Waals surface area contributed by atoms with E-state index in [1.54, 1.807) is 11.3 Å². The largest absolute Gasteiger partial charge is 0.388 e. The number of nitrogens with one attached hydrogen (secondary N) is 1. The van der Waals surface area contributed by atoms with Gasteiger partial charge in [-0.1, -0.05) is 0 Å². The summed E-state index contributed by atoms with van der Waals surface area (Å²) < 4.78 is 2.36. The molecule has 2 aromatic heterocycles. The van der Waals surface area contributed by atoms with Crippen LogP contribution in [0.4, 0.5) is 0 Å². The topological polar surface area (TPSA) is 53.8 Å². The van der Waals surface area contributed by atoms with Gasteiger partial charge in [0.2, 0.25) is 0 Å². The molecule has 2 N–H and O–H groups in total. The van der Waals surface area contributed by atoms with Crippen LogP contribution in [0.2, 0.25) is 0 Å². The highest BCUT2D eigenvalue weighted by molar-refractivity contribution is 7.71. The summed E-state index contributed by atoms with van der Waals surface area (Å²) in [5.74, 6) is 0.577. The van der Waals surface area contributed by atoms with E-state index < -0.39 is 0 Å². The minimum Gasteiger partial charge on any atom is -0.388 e. The fraction of sp³-hybridized carbons (Fsp3) is 0.333.